The number of rotatable bonds is 5. The first-order chi connectivity index (χ1) is 15.0. The van der Waals surface area contributed by atoms with E-state index in [0.717, 1.165) is 15.6 Å². The van der Waals surface area contributed by atoms with Crippen molar-refractivity contribution in [2.24, 2.45) is 0 Å². The van der Waals surface area contributed by atoms with Crippen LogP contribution >= 0.6 is 27.3 Å². The second-order valence-electron chi connectivity index (χ2n) is 6.63. The minimum Gasteiger partial charge on any atom is -0.465 e. The number of aromatic nitrogens is 2. The number of amides is 1. The molecular weight excluding hydrogens is 482 g/mol. The first-order valence-electron chi connectivity index (χ1n) is 9.17. The number of hydrogen-bond donors (Lipinski definition) is 1. The van der Waals surface area contributed by atoms with Gasteiger partial charge in [0.25, 0.3) is 5.56 Å². The predicted molar refractivity (Wildman–Crippen MR) is 123 cm³/mol. The van der Waals surface area contributed by atoms with Gasteiger partial charge in [0, 0.05) is 21.1 Å². The molecule has 0 saturated heterocycles. The van der Waals surface area contributed by atoms with Crippen LogP contribution in [0.15, 0.2) is 69.5 Å². The van der Waals surface area contributed by atoms with Crippen LogP contribution in [0.5, 0.6) is 0 Å². The summed E-state index contributed by atoms with van der Waals surface area (Å²) in [6.45, 7) is -0.184. The Balaban J connectivity index is 1.57. The van der Waals surface area contributed by atoms with E-state index in [0.29, 0.717) is 21.5 Å². The van der Waals surface area contributed by atoms with Crippen LogP contribution in [-0.4, -0.2) is 28.5 Å². The van der Waals surface area contributed by atoms with E-state index in [9.17, 15) is 14.4 Å². The molecule has 0 aliphatic heterocycles. The molecule has 4 rings (SSSR count). The van der Waals surface area contributed by atoms with Crippen LogP contribution in [0.3, 0.4) is 0 Å². The highest BCUT2D eigenvalue weighted by molar-refractivity contribution is 9.10. The van der Waals surface area contributed by atoms with Gasteiger partial charge in [-0.05, 0) is 42.0 Å². The number of hydrogen-bond acceptors (Lipinski definition) is 6. The molecule has 2 aromatic carbocycles. The molecule has 4 aromatic rings. The third-order valence-electron chi connectivity index (χ3n) is 4.62. The maximum Gasteiger partial charge on any atom is 0.337 e. The highest BCUT2D eigenvalue weighted by Crippen LogP contribution is 2.31. The summed E-state index contributed by atoms with van der Waals surface area (Å²) < 4.78 is 6.89. The molecule has 0 aliphatic rings. The van der Waals surface area contributed by atoms with Crippen molar-refractivity contribution < 1.29 is 14.3 Å². The number of ether oxygens (including phenoxy) is 1. The van der Waals surface area contributed by atoms with Crippen LogP contribution < -0.4 is 10.9 Å². The molecule has 0 aliphatic carbocycles. The van der Waals surface area contributed by atoms with Crippen molar-refractivity contribution in [2.75, 3.05) is 12.4 Å². The van der Waals surface area contributed by atoms with Crippen molar-refractivity contribution in [3.05, 3.63) is 80.6 Å². The highest BCUT2D eigenvalue weighted by atomic mass is 79.9. The van der Waals surface area contributed by atoms with Crippen molar-refractivity contribution in [2.45, 2.75) is 6.54 Å². The van der Waals surface area contributed by atoms with Gasteiger partial charge in [-0.1, -0.05) is 28.1 Å². The lowest BCUT2D eigenvalue weighted by Gasteiger charge is -2.08. The number of nitrogens with one attached hydrogen (secondary N) is 1. The lowest BCUT2D eigenvalue weighted by Crippen LogP contribution is -2.27. The molecule has 0 fully saturated rings. The van der Waals surface area contributed by atoms with Gasteiger partial charge in [-0.3, -0.25) is 14.2 Å². The average molecular weight is 498 g/mol. The van der Waals surface area contributed by atoms with Gasteiger partial charge < -0.3 is 10.1 Å². The summed E-state index contributed by atoms with van der Waals surface area (Å²) in [5.74, 6) is -0.837. The number of benzene rings is 2. The number of nitrogens with zero attached hydrogens (tertiary/aromatic N) is 2. The Morgan fingerprint density at radius 2 is 1.84 bits per heavy atom. The third-order valence-corrected chi connectivity index (χ3v) is 6.03. The van der Waals surface area contributed by atoms with Gasteiger partial charge in [-0.2, -0.15) is 0 Å². The van der Waals surface area contributed by atoms with Crippen molar-refractivity contribution in [3.63, 3.8) is 0 Å². The lowest BCUT2D eigenvalue weighted by atomic mass is 10.1. The largest absolute Gasteiger partial charge is 0.465 e. The summed E-state index contributed by atoms with van der Waals surface area (Å²) in [7, 11) is 1.30. The van der Waals surface area contributed by atoms with E-state index in [1.165, 1.54) is 29.3 Å². The summed E-state index contributed by atoms with van der Waals surface area (Å²) in [4.78, 5) is 42.0. The number of esters is 1. The number of carbonyl (C=O) groups excluding carboxylic acids is 2. The van der Waals surface area contributed by atoms with Crippen LogP contribution in [-0.2, 0) is 16.1 Å². The van der Waals surface area contributed by atoms with E-state index in [2.05, 4.69) is 31.0 Å². The molecule has 7 nitrogen and oxygen atoms in total. The number of fused-ring (bicyclic) bond motifs is 1. The normalized spacial score (nSPS) is 10.8. The second kappa shape index (κ2) is 8.83. The Labute approximate surface area is 189 Å². The Morgan fingerprint density at radius 3 is 2.52 bits per heavy atom. The van der Waals surface area contributed by atoms with Crippen LogP contribution in [0.2, 0.25) is 0 Å². The molecule has 0 saturated carbocycles. The van der Waals surface area contributed by atoms with Gasteiger partial charge >= 0.3 is 5.97 Å². The van der Waals surface area contributed by atoms with E-state index < -0.39 is 5.97 Å². The standard InChI is InChI=1S/C22H16BrN3O4S/c1-30-22(29)14-4-8-16(9-5-14)25-18(27)10-26-12-24-20-19(21(26)28)17(11-31-20)13-2-6-15(23)7-3-13/h2-9,11-12H,10H2,1H3,(H,25,27). The molecule has 0 atom stereocenters. The van der Waals surface area contributed by atoms with Gasteiger partial charge in [0.1, 0.15) is 11.4 Å². The summed E-state index contributed by atoms with van der Waals surface area (Å²) in [6.07, 6.45) is 1.38. The van der Waals surface area contributed by atoms with Gasteiger partial charge in [0.15, 0.2) is 0 Å². The van der Waals surface area contributed by atoms with Crippen molar-refractivity contribution >= 4 is 55.0 Å². The van der Waals surface area contributed by atoms with E-state index in [1.54, 1.807) is 24.3 Å². The maximum atomic E-state index is 13.1. The van der Waals surface area contributed by atoms with Crippen LogP contribution in [0, 0.1) is 0 Å². The van der Waals surface area contributed by atoms with E-state index in [-0.39, 0.29) is 18.0 Å². The van der Waals surface area contributed by atoms with Gasteiger partial charge in [0.05, 0.1) is 24.4 Å². The molecule has 9 heteroatoms. The molecule has 2 heterocycles. The molecule has 0 radical (unpaired) electrons. The number of halogens is 1. The number of carbonyl (C=O) groups is 2. The SMILES string of the molecule is COC(=O)c1ccc(NC(=O)Cn2cnc3scc(-c4ccc(Br)cc4)c3c2=O)cc1. The first kappa shape index (κ1) is 21.0. The molecule has 1 N–H and O–H groups in total. The van der Waals surface area contributed by atoms with Gasteiger partial charge in [0.2, 0.25) is 5.91 Å². The Hall–Kier alpha value is -3.30. The van der Waals surface area contributed by atoms with Crippen molar-refractivity contribution in [3.8, 4) is 11.1 Å². The van der Waals surface area contributed by atoms with E-state index in [4.69, 9.17) is 0 Å². The Kier molecular flexibility index (Phi) is 5.97. The minimum atomic E-state index is -0.457. The lowest BCUT2D eigenvalue weighted by molar-refractivity contribution is -0.116. The quantitative estimate of drug-likeness (QED) is 0.414. The molecule has 156 valence electrons. The Bertz CT molecular complexity index is 1330. The maximum absolute atomic E-state index is 13.1. The number of methoxy groups -OCH3 is 1. The van der Waals surface area contributed by atoms with Crippen LogP contribution in [0.1, 0.15) is 10.4 Å². The zero-order chi connectivity index (χ0) is 22.0. The van der Waals surface area contributed by atoms with Crippen LogP contribution in [0.4, 0.5) is 5.69 Å². The van der Waals surface area contributed by atoms with E-state index >= 15 is 0 Å². The first-order valence-corrected chi connectivity index (χ1v) is 10.8. The number of anilines is 1. The molecular formula is C22H16BrN3O4S. The summed E-state index contributed by atoms with van der Waals surface area (Å²) in [5, 5.41) is 5.10. The van der Waals surface area contributed by atoms with Crippen LogP contribution in [0.25, 0.3) is 21.3 Å². The number of thiophene rings is 1. The molecule has 2 aromatic heterocycles. The topological polar surface area (TPSA) is 90.3 Å². The van der Waals surface area contributed by atoms with Gasteiger partial charge in [-0.15, -0.1) is 11.3 Å². The fourth-order valence-corrected chi connectivity index (χ4v) is 4.26. The smallest absolute Gasteiger partial charge is 0.337 e. The average Bonchev–Trinajstić information content (AvgIpc) is 3.21. The highest BCUT2D eigenvalue weighted by Gasteiger charge is 2.15. The molecule has 31 heavy (non-hydrogen) atoms. The summed E-state index contributed by atoms with van der Waals surface area (Å²) in [5.41, 5.74) is 2.30. The zero-order valence-electron chi connectivity index (χ0n) is 16.3. The van der Waals surface area contributed by atoms with E-state index in [1.807, 2.05) is 29.6 Å². The molecule has 0 unspecified atom stereocenters. The minimum absolute atomic E-state index is 0.184. The fourth-order valence-electron chi connectivity index (χ4n) is 3.08. The molecule has 1 amide bonds. The Morgan fingerprint density at radius 1 is 1.13 bits per heavy atom. The van der Waals surface area contributed by atoms with Gasteiger partial charge in [-0.25, -0.2) is 9.78 Å². The zero-order valence-corrected chi connectivity index (χ0v) is 18.7. The van der Waals surface area contributed by atoms with Crippen molar-refractivity contribution in [1.29, 1.82) is 0 Å². The summed E-state index contributed by atoms with van der Waals surface area (Å²) in [6, 6.07) is 14.0. The second-order valence-corrected chi connectivity index (χ2v) is 8.40. The molecule has 0 spiro atoms. The third kappa shape index (κ3) is 4.42. The predicted octanol–water partition coefficient (Wildman–Crippen LogP) is 4.31. The monoisotopic (exact) mass is 497 g/mol. The fraction of sp³-hybridized carbons (Fsp3) is 0.0909. The molecule has 0 bridgehead atoms. The van der Waals surface area contributed by atoms with Crippen molar-refractivity contribution in [1.82, 2.24) is 9.55 Å². The summed E-state index contributed by atoms with van der Waals surface area (Å²) >= 11 is 4.80.